The number of aromatic nitrogens is 3. The summed E-state index contributed by atoms with van der Waals surface area (Å²) < 4.78 is 0. The Morgan fingerprint density at radius 2 is 2.17 bits per heavy atom. The lowest BCUT2D eigenvalue weighted by molar-refractivity contribution is 1.18. The molecule has 6 heteroatoms. The number of aromatic amines is 1. The summed E-state index contributed by atoms with van der Waals surface area (Å²) in [6.07, 6.45) is 4.33. The summed E-state index contributed by atoms with van der Waals surface area (Å²) in [4.78, 5) is 14.2. The molecular formula is C17H15N5S. The van der Waals surface area contributed by atoms with E-state index in [1.54, 1.807) is 23.9 Å². The first-order valence-corrected chi connectivity index (χ1v) is 8.25. The molecule has 114 valence electrons. The molecule has 0 saturated heterocycles. The van der Waals surface area contributed by atoms with Crippen LogP contribution in [0.25, 0.3) is 21.1 Å². The van der Waals surface area contributed by atoms with Gasteiger partial charge < -0.3 is 4.98 Å². The molecule has 0 radical (unpaired) electrons. The molecule has 0 fully saturated rings. The van der Waals surface area contributed by atoms with E-state index in [0.717, 1.165) is 33.7 Å². The number of thiophene rings is 1. The maximum Gasteiger partial charge on any atom is 0.158 e. The number of hydrogen-bond acceptors (Lipinski definition) is 5. The number of nitrogens with one attached hydrogen (secondary N) is 2. The summed E-state index contributed by atoms with van der Waals surface area (Å²) in [6, 6.07) is 12.3. The Morgan fingerprint density at radius 1 is 1.26 bits per heavy atom. The van der Waals surface area contributed by atoms with Crippen LogP contribution in [0.5, 0.6) is 0 Å². The van der Waals surface area contributed by atoms with Crippen molar-refractivity contribution in [3.05, 3.63) is 53.3 Å². The van der Waals surface area contributed by atoms with E-state index in [0.29, 0.717) is 0 Å². The Morgan fingerprint density at radius 3 is 3.04 bits per heavy atom. The average Bonchev–Trinajstić information content (AvgIpc) is 3.18. The van der Waals surface area contributed by atoms with Gasteiger partial charge in [-0.3, -0.25) is 5.43 Å². The fourth-order valence-electron chi connectivity index (χ4n) is 2.50. The molecular weight excluding hydrogens is 306 g/mol. The van der Waals surface area contributed by atoms with E-state index >= 15 is 0 Å². The molecule has 2 N–H and O–H groups in total. The lowest BCUT2D eigenvalue weighted by Crippen LogP contribution is -1.94. The number of hydrazone groups is 1. The number of benzene rings is 1. The van der Waals surface area contributed by atoms with E-state index < -0.39 is 0 Å². The van der Waals surface area contributed by atoms with Gasteiger partial charge in [0.2, 0.25) is 0 Å². The standard InChI is InChI=1S/C17H15N5S/c1-2-13-8-14-16(18-10-19-17(14)23-13)22-20-9-12-7-11-5-3-4-6-15(11)21-12/h3-10,21H,2H2,1H3,(H,18,19,22)/b20-9+. The first-order chi connectivity index (χ1) is 11.3. The maximum absolute atomic E-state index is 4.31. The molecule has 4 aromatic rings. The van der Waals surface area contributed by atoms with Crippen LogP contribution in [0.4, 0.5) is 5.82 Å². The minimum absolute atomic E-state index is 0.735. The van der Waals surface area contributed by atoms with Gasteiger partial charge in [0.1, 0.15) is 11.2 Å². The lowest BCUT2D eigenvalue weighted by atomic mass is 10.2. The van der Waals surface area contributed by atoms with Gasteiger partial charge in [-0.15, -0.1) is 11.3 Å². The van der Waals surface area contributed by atoms with Crippen LogP contribution in [-0.2, 0) is 6.42 Å². The number of para-hydroxylation sites is 1. The van der Waals surface area contributed by atoms with Gasteiger partial charge in [0, 0.05) is 15.8 Å². The van der Waals surface area contributed by atoms with Crippen LogP contribution >= 0.6 is 11.3 Å². The summed E-state index contributed by atoms with van der Waals surface area (Å²) in [5.74, 6) is 0.735. The van der Waals surface area contributed by atoms with Crippen LogP contribution in [-0.4, -0.2) is 21.2 Å². The van der Waals surface area contributed by atoms with Crippen molar-refractivity contribution >= 4 is 44.5 Å². The molecule has 0 aliphatic heterocycles. The van der Waals surface area contributed by atoms with Crippen LogP contribution < -0.4 is 5.43 Å². The molecule has 0 bridgehead atoms. The second kappa shape index (κ2) is 5.81. The molecule has 0 aliphatic rings. The highest BCUT2D eigenvalue weighted by atomic mass is 32.1. The molecule has 5 nitrogen and oxygen atoms in total. The van der Waals surface area contributed by atoms with Crippen molar-refractivity contribution in [1.82, 2.24) is 15.0 Å². The Bertz CT molecular complexity index is 965. The van der Waals surface area contributed by atoms with E-state index in [-0.39, 0.29) is 0 Å². The number of anilines is 1. The molecule has 0 aliphatic carbocycles. The summed E-state index contributed by atoms with van der Waals surface area (Å²) in [5, 5.41) is 6.49. The SMILES string of the molecule is CCc1cc2c(N/N=C/c3cc4ccccc4[nH]3)ncnc2s1. The van der Waals surface area contributed by atoms with Gasteiger partial charge in [-0.05, 0) is 24.6 Å². The number of hydrogen-bond donors (Lipinski definition) is 2. The van der Waals surface area contributed by atoms with Gasteiger partial charge in [0.25, 0.3) is 0 Å². The molecule has 3 heterocycles. The predicted octanol–water partition coefficient (Wildman–Crippen LogP) is 4.18. The highest BCUT2D eigenvalue weighted by Gasteiger charge is 2.07. The number of fused-ring (bicyclic) bond motifs is 2. The van der Waals surface area contributed by atoms with Gasteiger partial charge >= 0.3 is 0 Å². The topological polar surface area (TPSA) is 66.0 Å². The lowest BCUT2D eigenvalue weighted by Gasteiger charge is -1.99. The number of nitrogens with zero attached hydrogens (tertiary/aromatic N) is 3. The fourth-order valence-corrected chi connectivity index (χ4v) is 3.43. The third-order valence-corrected chi connectivity index (χ3v) is 4.84. The maximum atomic E-state index is 4.31. The van der Waals surface area contributed by atoms with E-state index in [1.807, 2.05) is 18.2 Å². The molecule has 23 heavy (non-hydrogen) atoms. The zero-order chi connectivity index (χ0) is 15.6. The Kier molecular flexibility index (Phi) is 3.51. The summed E-state index contributed by atoms with van der Waals surface area (Å²) >= 11 is 1.70. The van der Waals surface area contributed by atoms with Gasteiger partial charge in [-0.2, -0.15) is 5.10 Å². The van der Waals surface area contributed by atoms with Crippen molar-refractivity contribution in [3.8, 4) is 0 Å². The van der Waals surface area contributed by atoms with Crippen molar-refractivity contribution in [2.75, 3.05) is 5.43 Å². The van der Waals surface area contributed by atoms with Crippen molar-refractivity contribution in [1.29, 1.82) is 0 Å². The number of aryl methyl sites for hydroxylation is 1. The second-order valence-electron chi connectivity index (χ2n) is 5.19. The van der Waals surface area contributed by atoms with Crippen LogP contribution in [0, 0.1) is 0 Å². The van der Waals surface area contributed by atoms with Crippen molar-refractivity contribution < 1.29 is 0 Å². The minimum atomic E-state index is 0.735. The zero-order valence-corrected chi connectivity index (χ0v) is 13.4. The smallest absolute Gasteiger partial charge is 0.158 e. The van der Waals surface area contributed by atoms with E-state index in [9.17, 15) is 0 Å². The number of H-pyrrole nitrogens is 1. The normalized spacial score (nSPS) is 11.7. The van der Waals surface area contributed by atoms with E-state index in [1.165, 1.54) is 10.3 Å². The van der Waals surface area contributed by atoms with E-state index in [4.69, 9.17) is 0 Å². The predicted molar refractivity (Wildman–Crippen MR) is 96.3 cm³/mol. The van der Waals surface area contributed by atoms with Crippen molar-refractivity contribution in [3.63, 3.8) is 0 Å². The van der Waals surface area contributed by atoms with Crippen LogP contribution in [0.1, 0.15) is 17.5 Å². The molecule has 0 unspecified atom stereocenters. The third-order valence-electron chi connectivity index (χ3n) is 3.65. The highest BCUT2D eigenvalue weighted by Crippen LogP contribution is 2.28. The monoisotopic (exact) mass is 321 g/mol. The van der Waals surface area contributed by atoms with Crippen molar-refractivity contribution in [2.45, 2.75) is 13.3 Å². The first-order valence-electron chi connectivity index (χ1n) is 7.44. The molecule has 0 atom stereocenters. The fraction of sp³-hybridized carbons (Fsp3) is 0.118. The Hall–Kier alpha value is -2.73. The summed E-state index contributed by atoms with van der Waals surface area (Å²) in [5.41, 5.74) is 5.07. The van der Waals surface area contributed by atoms with E-state index in [2.05, 4.69) is 50.6 Å². The van der Waals surface area contributed by atoms with Gasteiger partial charge in [-0.25, -0.2) is 9.97 Å². The quantitative estimate of drug-likeness (QED) is 0.438. The van der Waals surface area contributed by atoms with Crippen LogP contribution in [0.15, 0.2) is 47.8 Å². The van der Waals surface area contributed by atoms with Gasteiger partial charge in [0.05, 0.1) is 17.3 Å². The van der Waals surface area contributed by atoms with Crippen LogP contribution in [0.2, 0.25) is 0 Å². The molecule has 0 amide bonds. The molecule has 0 spiro atoms. The first kappa shape index (κ1) is 13.9. The highest BCUT2D eigenvalue weighted by molar-refractivity contribution is 7.18. The molecule has 4 rings (SSSR count). The second-order valence-corrected chi connectivity index (χ2v) is 6.30. The molecule has 0 saturated carbocycles. The van der Waals surface area contributed by atoms with Gasteiger partial charge in [0.15, 0.2) is 5.82 Å². The average molecular weight is 321 g/mol. The number of rotatable bonds is 4. The van der Waals surface area contributed by atoms with Crippen molar-refractivity contribution in [2.24, 2.45) is 5.10 Å². The zero-order valence-electron chi connectivity index (χ0n) is 12.6. The van der Waals surface area contributed by atoms with Gasteiger partial charge in [-0.1, -0.05) is 25.1 Å². The summed E-state index contributed by atoms with van der Waals surface area (Å²) in [6.45, 7) is 2.14. The molecule has 3 aromatic heterocycles. The van der Waals surface area contributed by atoms with Crippen LogP contribution in [0.3, 0.4) is 0 Å². The third kappa shape index (κ3) is 2.68. The molecule has 1 aromatic carbocycles. The minimum Gasteiger partial charge on any atom is -0.354 e. The Labute approximate surface area is 137 Å². The summed E-state index contributed by atoms with van der Waals surface area (Å²) in [7, 11) is 0. The Balaban J connectivity index is 1.59. The largest absolute Gasteiger partial charge is 0.354 e.